The SMILES string of the molecule is CC(=O)NC1CCN(c2ccccc2C(=O)NC(C)(C)C)CC1. The fourth-order valence-corrected chi connectivity index (χ4v) is 2.90. The molecule has 2 amide bonds. The molecule has 1 aliphatic rings. The zero-order chi connectivity index (χ0) is 17.0. The maximum atomic E-state index is 12.5. The number of carbonyl (C=O) groups excluding carboxylic acids is 2. The minimum Gasteiger partial charge on any atom is -0.371 e. The number of nitrogens with zero attached hydrogens (tertiary/aromatic N) is 1. The van der Waals surface area contributed by atoms with Crippen LogP contribution < -0.4 is 15.5 Å². The van der Waals surface area contributed by atoms with Gasteiger partial charge in [0.1, 0.15) is 0 Å². The number of hydrogen-bond donors (Lipinski definition) is 2. The molecule has 1 fully saturated rings. The van der Waals surface area contributed by atoms with Gasteiger partial charge in [-0.05, 0) is 45.7 Å². The number of rotatable bonds is 3. The van der Waals surface area contributed by atoms with E-state index in [1.807, 2.05) is 45.0 Å². The molecule has 0 unspecified atom stereocenters. The largest absolute Gasteiger partial charge is 0.371 e. The molecule has 1 aromatic carbocycles. The van der Waals surface area contributed by atoms with Gasteiger partial charge in [-0.25, -0.2) is 0 Å². The highest BCUT2D eigenvalue weighted by atomic mass is 16.2. The molecule has 0 radical (unpaired) electrons. The molecule has 23 heavy (non-hydrogen) atoms. The van der Waals surface area contributed by atoms with Crippen LogP contribution in [-0.2, 0) is 4.79 Å². The molecular formula is C18H27N3O2. The standard InChI is InChI=1S/C18H27N3O2/c1-13(22)19-14-9-11-21(12-10-14)16-8-6-5-7-15(16)17(23)20-18(2,3)4/h5-8,14H,9-12H2,1-4H3,(H,19,22)(H,20,23). The normalized spacial score (nSPS) is 16.1. The molecule has 1 aliphatic heterocycles. The number of hydrogen-bond acceptors (Lipinski definition) is 3. The third-order valence-corrected chi connectivity index (χ3v) is 3.88. The second kappa shape index (κ2) is 7.02. The summed E-state index contributed by atoms with van der Waals surface area (Å²) in [6.45, 7) is 9.17. The van der Waals surface area contributed by atoms with Gasteiger partial charge in [0.05, 0.1) is 5.56 Å². The molecular weight excluding hydrogens is 290 g/mol. The third-order valence-electron chi connectivity index (χ3n) is 3.88. The summed E-state index contributed by atoms with van der Waals surface area (Å²) in [6.07, 6.45) is 1.80. The number of nitrogens with one attached hydrogen (secondary N) is 2. The van der Waals surface area contributed by atoms with Crippen LogP contribution in [-0.4, -0.2) is 36.5 Å². The number of piperidine rings is 1. The first-order valence-electron chi connectivity index (χ1n) is 8.20. The number of amides is 2. The van der Waals surface area contributed by atoms with Crippen LogP contribution in [0.25, 0.3) is 0 Å². The number of para-hydroxylation sites is 1. The van der Waals surface area contributed by atoms with E-state index in [0.717, 1.165) is 31.6 Å². The van der Waals surface area contributed by atoms with Crippen molar-refractivity contribution in [1.82, 2.24) is 10.6 Å². The van der Waals surface area contributed by atoms with Crippen molar-refractivity contribution in [3.63, 3.8) is 0 Å². The fraction of sp³-hybridized carbons (Fsp3) is 0.556. The summed E-state index contributed by atoms with van der Waals surface area (Å²) in [5.74, 6) is -0.0227. The Morgan fingerprint density at radius 3 is 2.30 bits per heavy atom. The van der Waals surface area contributed by atoms with E-state index in [4.69, 9.17) is 0 Å². The van der Waals surface area contributed by atoms with Gasteiger partial charge in [0.25, 0.3) is 5.91 Å². The molecule has 0 atom stereocenters. The van der Waals surface area contributed by atoms with Crippen LogP contribution >= 0.6 is 0 Å². The van der Waals surface area contributed by atoms with Crippen LogP contribution in [0.2, 0.25) is 0 Å². The van der Waals surface area contributed by atoms with Gasteiger partial charge in [-0.3, -0.25) is 9.59 Å². The minimum absolute atomic E-state index is 0.0217. The van der Waals surface area contributed by atoms with Gasteiger partial charge in [0, 0.05) is 37.3 Å². The second-order valence-corrected chi connectivity index (χ2v) is 7.18. The van der Waals surface area contributed by atoms with Crippen LogP contribution in [0.1, 0.15) is 50.9 Å². The van der Waals surface area contributed by atoms with E-state index < -0.39 is 0 Å². The van der Waals surface area contributed by atoms with Gasteiger partial charge in [0.2, 0.25) is 5.91 Å². The van der Waals surface area contributed by atoms with Crippen LogP contribution in [0.3, 0.4) is 0 Å². The van der Waals surface area contributed by atoms with E-state index in [9.17, 15) is 9.59 Å². The molecule has 5 heteroatoms. The average Bonchev–Trinajstić information content (AvgIpc) is 2.46. The van der Waals surface area contributed by atoms with Gasteiger partial charge < -0.3 is 15.5 Å². The van der Waals surface area contributed by atoms with Gasteiger partial charge in [-0.2, -0.15) is 0 Å². The first kappa shape index (κ1) is 17.3. The predicted octanol–water partition coefficient (Wildman–Crippen LogP) is 2.32. The first-order valence-corrected chi connectivity index (χ1v) is 8.20. The summed E-state index contributed by atoms with van der Waals surface area (Å²) in [4.78, 5) is 25.9. The molecule has 126 valence electrons. The molecule has 1 aromatic rings. The highest BCUT2D eigenvalue weighted by Gasteiger charge is 2.24. The van der Waals surface area contributed by atoms with E-state index in [2.05, 4.69) is 15.5 Å². The van der Waals surface area contributed by atoms with Crippen molar-refractivity contribution in [3.8, 4) is 0 Å². The van der Waals surface area contributed by atoms with E-state index in [0.29, 0.717) is 5.56 Å². The lowest BCUT2D eigenvalue weighted by Gasteiger charge is -2.35. The maximum absolute atomic E-state index is 12.5. The summed E-state index contributed by atoms with van der Waals surface area (Å²) in [7, 11) is 0. The van der Waals surface area contributed by atoms with Crippen molar-refractivity contribution < 1.29 is 9.59 Å². The zero-order valence-electron chi connectivity index (χ0n) is 14.5. The first-order chi connectivity index (χ1) is 10.8. The van der Waals surface area contributed by atoms with E-state index in [-0.39, 0.29) is 23.4 Å². The van der Waals surface area contributed by atoms with Crippen LogP contribution in [0.15, 0.2) is 24.3 Å². The summed E-state index contributed by atoms with van der Waals surface area (Å²) in [5, 5.41) is 6.00. The Morgan fingerprint density at radius 1 is 1.13 bits per heavy atom. The van der Waals surface area contributed by atoms with Crippen molar-refractivity contribution in [1.29, 1.82) is 0 Å². The molecule has 0 aliphatic carbocycles. The quantitative estimate of drug-likeness (QED) is 0.899. The van der Waals surface area contributed by atoms with Crippen LogP contribution in [0.4, 0.5) is 5.69 Å². The van der Waals surface area contributed by atoms with E-state index in [1.54, 1.807) is 6.92 Å². The monoisotopic (exact) mass is 317 g/mol. The summed E-state index contributed by atoms with van der Waals surface area (Å²) >= 11 is 0. The van der Waals surface area contributed by atoms with Crippen molar-refractivity contribution >= 4 is 17.5 Å². The Hall–Kier alpha value is -2.04. The summed E-state index contributed by atoms with van der Waals surface area (Å²) in [6, 6.07) is 7.96. The molecule has 0 spiro atoms. The van der Waals surface area contributed by atoms with Gasteiger partial charge in [0.15, 0.2) is 0 Å². The average molecular weight is 317 g/mol. The number of carbonyl (C=O) groups is 2. The van der Waals surface area contributed by atoms with Crippen molar-refractivity contribution in [3.05, 3.63) is 29.8 Å². The Balaban J connectivity index is 2.09. The van der Waals surface area contributed by atoms with Gasteiger partial charge >= 0.3 is 0 Å². The van der Waals surface area contributed by atoms with Crippen molar-refractivity contribution in [2.75, 3.05) is 18.0 Å². The lowest BCUT2D eigenvalue weighted by molar-refractivity contribution is -0.119. The molecule has 2 rings (SSSR count). The number of benzene rings is 1. The smallest absolute Gasteiger partial charge is 0.253 e. The molecule has 0 saturated carbocycles. The van der Waals surface area contributed by atoms with Crippen LogP contribution in [0.5, 0.6) is 0 Å². The Morgan fingerprint density at radius 2 is 1.74 bits per heavy atom. The number of anilines is 1. The Labute approximate surface area is 138 Å². The fourth-order valence-electron chi connectivity index (χ4n) is 2.90. The lowest BCUT2D eigenvalue weighted by atomic mass is 10.0. The molecule has 5 nitrogen and oxygen atoms in total. The Bertz CT molecular complexity index is 570. The lowest BCUT2D eigenvalue weighted by Crippen LogP contribution is -2.45. The van der Waals surface area contributed by atoms with Gasteiger partial charge in [-0.15, -0.1) is 0 Å². The van der Waals surface area contributed by atoms with Crippen molar-refractivity contribution in [2.24, 2.45) is 0 Å². The highest BCUT2D eigenvalue weighted by molar-refractivity contribution is 6.00. The summed E-state index contributed by atoms with van der Waals surface area (Å²) in [5.41, 5.74) is 1.42. The molecule has 2 N–H and O–H groups in total. The van der Waals surface area contributed by atoms with Crippen molar-refractivity contribution in [2.45, 2.75) is 52.1 Å². The topological polar surface area (TPSA) is 61.4 Å². The molecule has 1 heterocycles. The zero-order valence-corrected chi connectivity index (χ0v) is 14.5. The van der Waals surface area contributed by atoms with E-state index in [1.165, 1.54) is 0 Å². The Kier molecular flexibility index (Phi) is 5.29. The molecule has 0 bridgehead atoms. The molecule has 1 saturated heterocycles. The maximum Gasteiger partial charge on any atom is 0.253 e. The van der Waals surface area contributed by atoms with Gasteiger partial charge in [-0.1, -0.05) is 12.1 Å². The predicted molar refractivity (Wildman–Crippen MR) is 92.7 cm³/mol. The van der Waals surface area contributed by atoms with Crippen LogP contribution in [0, 0.1) is 0 Å². The molecule has 0 aromatic heterocycles. The minimum atomic E-state index is -0.261. The second-order valence-electron chi connectivity index (χ2n) is 7.18. The highest BCUT2D eigenvalue weighted by Crippen LogP contribution is 2.24. The third kappa shape index (κ3) is 4.98. The summed E-state index contributed by atoms with van der Waals surface area (Å²) < 4.78 is 0. The van der Waals surface area contributed by atoms with E-state index >= 15 is 0 Å².